The van der Waals surface area contributed by atoms with Gasteiger partial charge >= 0.3 is 0 Å². The summed E-state index contributed by atoms with van der Waals surface area (Å²) in [5.74, 6) is 0.291. The van der Waals surface area contributed by atoms with Gasteiger partial charge < -0.3 is 15.0 Å². The van der Waals surface area contributed by atoms with Gasteiger partial charge in [0.25, 0.3) is 0 Å². The maximum absolute atomic E-state index is 12.7. The van der Waals surface area contributed by atoms with Crippen molar-refractivity contribution in [2.45, 2.75) is 31.5 Å². The first-order valence-electron chi connectivity index (χ1n) is 8.77. The first kappa shape index (κ1) is 15.9. The Balaban J connectivity index is 1.50. The summed E-state index contributed by atoms with van der Waals surface area (Å²) in [7, 11) is 0. The fourth-order valence-corrected chi connectivity index (χ4v) is 3.69. The molecule has 0 bridgehead atoms. The lowest BCUT2D eigenvalue weighted by Crippen LogP contribution is -2.42. The van der Waals surface area contributed by atoms with E-state index in [0.29, 0.717) is 12.5 Å². The number of aromatic nitrogens is 1. The average molecular weight is 334 g/mol. The van der Waals surface area contributed by atoms with Gasteiger partial charge in [-0.1, -0.05) is 48.5 Å². The van der Waals surface area contributed by atoms with E-state index in [9.17, 15) is 9.90 Å². The minimum atomic E-state index is -0.235. The average Bonchev–Trinajstić information content (AvgIpc) is 3.01. The van der Waals surface area contributed by atoms with Crippen LogP contribution in [-0.4, -0.2) is 21.7 Å². The van der Waals surface area contributed by atoms with Crippen LogP contribution in [0.25, 0.3) is 10.9 Å². The molecule has 4 rings (SSSR count). The summed E-state index contributed by atoms with van der Waals surface area (Å²) in [6.45, 7) is 0.298. The quantitative estimate of drug-likeness (QED) is 0.752. The third-order valence-corrected chi connectivity index (χ3v) is 5.09. The van der Waals surface area contributed by atoms with Gasteiger partial charge in [-0.2, -0.15) is 0 Å². The molecular formula is C21H22N2O2. The Labute approximate surface area is 147 Å². The maximum atomic E-state index is 12.7. The van der Waals surface area contributed by atoms with Crippen molar-refractivity contribution in [3.05, 3.63) is 72.4 Å². The molecule has 1 aromatic heterocycles. The lowest BCUT2D eigenvalue weighted by molar-refractivity contribution is -0.123. The molecule has 128 valence electrons. The highest BCUT2D eigenvalue weighted by Crippen LogP contribution is 2.38. The Hall–Kier alpha value is -2.59. The summed E-state index contributed by atoms with van der Waals surface area (Å²) < 4.78 is 1.97. The van der Waals surface area contributed by atoms with E-state index in [1.165, 1.54) is 0 Å². The van der Waals surface area contributed by atoms with E-state index in [4.69, 9.17) is 0 Å². The smallest absolute Gasteiger partial charge is 0.240 e. The van der Waals surface area contributed by atoms with Crippen molar-refractivity contribution in [2.75, 3.05) is 0 Å². The van der Waals surface area contributed by atoms with Crippen LogP contribution < -0.4 is 5.32 Å². The number of hydrogen-bond donors (Lipinski definition) is 2. The van der Waals surface area contributed by atoms with Crippen LogP contribution in [0.4, 0.5) is 0 Å². The zero-order valence-corrected chi connectivity index (χ0v) is 14.0. The zero-order valence-electron chi connectivity index (χ0n) is 14.0. The van der Waals surface area contributed by atoms with Crippen molar-refractivity contribution in [1.29, 1.82) is 0 Å². The van der Waals surface area contributed by atoms with Gasteiger partial charge in [-0.25, -0.2) is 0 Å². The second-order valence-corrected chi connectivity index (χ2v) is 6.84. The molecule has 4 heteroatoms. The Morgan fingerprint density at radius 1 is 1.08 bits per heavy atom. The fourth-order valence-electron chi connectivity index (χ4n) is 3.69. The molecule has 0 aliphatic heterocycles. The molecule has 2 N–H and O–H groups in total. The number of nitrogens with one attached hydrogen (secondary N) is 1. The molecule has 0 saturated heterocycles. The second kappa shape index (κ2) is 6.73. The maximum Gasteiger partial charge on any atom is 0.240 e. The third kappa shape index (κ3) is 3.30. The summed E-state index contributed by atoms with van der Waals surface area (Å²) in [5.41, 5.74) is 2.16. The largest absolute Gasteiger partial charge is 0.393 e. The molecule has 1 amide bonds. The summed E-state index contributed by atoms with van der Waals surface area (Å²) in [6.07, 6.45) is 3.20. The summed E-state index contributed by atoms with van der Waals surface area (Å²) in [6, 6.07) is 20.1. The molecule has 1 saturated carbocycles. The summed E-state index contributed by atoms with van der Waals surface area (Å²) in [4.78, 5) is 12.7. The molecule has 3 aromatic rings. The highest BCUT2D eigenvalue weighted by atomic mass is 16.3. The molecule has 1 unspecified atom stereocenters. The van der Waals surface area contributed by atoms with Gasteiger partial charge in [0.15, 0.2) is 0 Å². The highest BCUT2D eigenvalue weighted by Gasteiger charge is 2.35. The standard InChI is InChI=1S/C21H22N2O2/c24-18-12-17(13-18)21(16-7-2-1-3-8-16)22-20(25)14-23-11-10-15-6-4-5-9-19(15)23/h1-11,17-18,21,24H,12-14H2,(H,22,25). The number of hydrogen-bond acceptors (Lipinski definition) is 2. The predicted octanol–water partition coefficient (Wildman–Crippen LogP) is 3.27. The van der Waals surface area contributed by atoms with Gasteiger partial charge in [-0.05, 0) is 41.8 Å². The van der Waals surface area contributed by atoms with E-state index in [2.05, 4.69) is 5.32 Å². The number of carbonyl (C=O) groups excluding carboxylic acids is 1. The Bertz CT molecular complexity index is 866. The molecule has 25 heavy (non-hydrogen) atoms. The van der Waals surface area contributed by atoms with Crippen molar-refractivity contribution in [3.8, 4) is 0 Å². The fraction of sp³-hybridized carbons (Fsp3) is 0.286. The van der Waals surface area contributed by atoms with E-state index < -0.39 is 0 Å². The van der Waals surface area contributed by atoms with Crippen LogP contribution in [0, 0.1) is 5.92 Å². The molecule has 4 nitrogen and oxygen atoms in total. The molecular weight excluding hydrogens is 312 g/mol. The molecule has 2 aromatic carbocycles. The molecule has 1 aliphatic carbocycles. The molecule has 1 fully saturated rings. The van der Waals surface area contributed by atoms with Crippen LogP contribution in [0.1, 0.15) is 24.4 Å². The highest BCUT2D eigenvalue weighted by molar-refractivity contribution is 5.83. The zero-order chi connectivity index (χ0) is 17.2. The minimum Gasteiger partial charge on any atom is -0.393 e. The van der Waals surface area contributed by atoms with Crippen LogP contribution in [0.2, 0.25) is 0 Å². The predicted molar refractivity (Wildman–Crippen MR) is 98.0 cm³/mol. The van der Waals surface area contributed by atoms with E-state index >= 15 is 0 Å². The molecule has 0 radical (unpaired) electrons. The normalized spacial score (nSPS) is 20.8. The number of para-hydroxylation sites is 1. The van der Waals surface area contributed by atoms with Crippen LogP contribution >= 0.6 is 0 Å². The monoisotopic (exact) mass is 334 g/mol. The molecule has 0 spiro atoms. The van der Waals surface area contributed by atoms with E-state index in [1.807, 2.05) is 71.4 Å². The topological polar surface area (TPSA) is 54.3 Å². The third-order valence-electron chi connectivity index (χ3n) is 5.09. The van der Waals surface area contributed by atoms with Gasteiger partial charge in [-0.15, -0.1) is 0 Å². The van der Waals surface area contributed by atoms with E-state index in [1.54, 1.807) is 0 Å². The molecule has 1 heterocycles. The SMILES string of the molecule is O=C(Cn1ccc2ccccc21)NC(c1ccccc1)C1CC(O)C1. The lowest BCUT2D eigenvalue weighted by atomic mass is 9.75. The number of carbonyl (C=O) groups is 1. The van der Waals surface area contributed by atoms with E-state index in [0.717, 1.165) is 29.3 Å². The number of amides is 1. The Morgan fingerprint density at radius 3 is 2.56 bits per heavy atom. The number of benzene rings is 2. The first-order valence-corrected chi connectivity index (χ1v) is 8.77. The van der Waals surface area contributed by atoms with Crippen LogP contribution in [0.15, 0.2) is 66.9 Å². The molecule has 1 aliphatic rings. The first-order chi connectivity index (χ1) is 12.2. The van der Waals surface area contributed by atoms with Crippen LogP contribution in [0.3, 0.4) is 0 Å². The summed E-state index contributed by atoms with van der Waals surface area (Å²) >= 11 is 0. The number of aliphatic hydroxyl groups is 1. The van der Waals surface area contributed by atoms with Crippen molar-refractivity contribution >= 4 is 16.8 Å². The second-order valence-electron chi connectivity index (χ2n) is 6.84. The van der Waals surface area contributed by atoms with Gasteiger partial charge in [0.05, 0.1) is 12.1 Å². The van der Waals surface area contributed by atoms with Crippen molar-refractivity contribution < 1.29 is 9.90 Å². The van der Waals surface area contributed by atoms with Gasteiger partial charge in [-0.3, -0.25) is 4.79 Å². The number of rotatable bonds is 5. The van der Waals surface area contributed by atoms with Crippen molar-refractivity contribution in [2.24, 2.45) is 5.92 Å². The number of fused-ring (bicyclic) bond motifs is 1. The number of aliphatic hydroxyl groups excluding tert-OH is 1. The van der Waals surface area contributed by atoms with E-state index in [-0.39, 0.29) is 18.1 Å². The summed E-state index contributed by atoms with van der Waals surface area (Å²) in [5, 5.41) is 14.0. The van der Waals surface area contributed by atoms with Gasteiger partial charge in [0.2, 0.25) is 5.91 Å². The van der Waals surface area contributed by atoms with Crippen LogP contribution in [-0.2, 0) is 11.3 Å². The van der Waals surface area contributed by atoms with Crippen molar-refractivity contribution in [3.63, 3.8) is 0 Å². The van der Waals surface area contributed by atoms with Crippen LogP contribution in [0.5, 0.6) is 0 Å². The Kier molecular flexibility index (Phi) is 4.28. The van der Waals surface area contributed by atoms with Gasteiger partial charge in [0, 0.05) is 11.7 Å². The lowest BCUT2D eigenvalue weighted by Gasteiger charge is -2.38. The molecule has 1 atom stereocenters. The minimum absolute atomic E-state index is 0.00315. The number of nitrogens with zero attached hydrogens (tertiary/aromatic N) is 1. The van der Waals surface area contributed by atoms with Crippen molar-refractivity contribution in [1.82, 2.24) is 9.88 Å². The Morgan fingerprint density at radius 2 is 1.80 bits per heavy atom. The van der Waals surface area contributed by atoms with Gasteiger partial charge in [0.1, 0.15) is 6.54 Å².